The number of hydrogen-bond donors (Lipinski definition) is 0. The van der Waals surface area contributed by atoms with Crippen LogP contribution in [0.1, 0.15) is 0 Å². The van der Waals surface area contributed by atoms with Crippen LogP contribution in [-0.2, 0) is 0 Å². The van der Waals surface area contributed by atoms with E-state index in [-0.39, 0.29) is 0 Å². The lowest BCUT2D eigenvalue weighted by Crippen LogP contribution is -2.02. The van der Waals surface area contributed by atoms with Crippen molar-refractivity contribution < 1.29 is 0 Å². The van der Waals surface area contributed by atoms with E-state index >= 15 is 0 Å². The van der Waals surface area contributed by atoms with Gasteiger partial charge in [0.1, 0.15) is 0 Å². The van der Waals surface area contributed by atoms with E-state index in [1.807, 2.05) is 79.0 Å². The Bertz CT molecular complexity index is 2520. The summed E-state index contributed by atoms with van der Waals surface area (Å²) < 4.78 is 2.36. The smallest absolute Gasteiger partial charge is 0.164 e. The molecular weight excluding hydrogens is 599 g/mol. The maximum absolute atomic E-state index is 5.06. The average molecular weight is 628 g/mol. The quantitative estimate of drug-likeness (QED) is 0.184. The maximum Gasteiger partial charge on any atom is 0.164 e. The molecule has 0 spiro atoms. The van der Waals surface area contributed by atoms with Gasteiger partial charge in [-0.2, -0.15) is 0 Å². The van der Waals surface area contributed by atoms with Crippen molar-refractivity contribution in [2.45, 2.75) is 0 Å². The van der Waals surface area contributed by atoms with Crippen LogP contribution < -0.4 is 0 Å². The van der Waals surface area contributed by atoms with Gasteiger partial charge in [-0.1, -0.05) is 133 Å². The highest BCUT2D eigenvalue weighted by Crippen LogP contribution is 2.39. The number of para-hydroxylation sites is 1. The van der Waals surface area contributed by atoms with Crippen molar-refractivity contribution in [2.24, 2.45) is 0 Å². The van der Waals surface area contributed by atoms with Gasteiger partial charge in [-0.3, -0.25) is 4.98 Å². The van der Waals surface area contributed by atoms with Crippen molar-refractivity contribution in [3.8, 4) is 62.2 Å². The van der Waals surface area contributed by atoms with Crippen LogP contribution in [0.25, 0.3) is 84.0 Å². The zero-order valence-electron chi connectivity index (χ0n) is 26.5. The zero-order valence-corrected chi connectivity index (χ0v) is 26.5. The van der Waals surface area contributed by atoms with E-state index in [4.69, 9.17) is 19.9 Å². The van der Waals surface area contributed by atoms with Gasteiger partial charge in [-0.15, -0.1) is 0 Å². The van der Waals surface area contributed by atoms with E-state index in [1.165, 1.54) is 16.3 Å². The Morgan fingerprint density at radius 2 is 0.918 bits per heavy atom. The Labute approximate surface area is 283 Å². The third kappa shape index (κ3) is 5.24. The van der Waals surface area contributed by atoms with Crippen molar-refractivity contribution in [1.29, 1.82) is 0 Å². The number of hydrogen-bond acceptors (Lipinski definition) is 4. The Balaban J connectivity index is 1.33. The van der Waals surface area contributed by atoms with Gasteiger partial charge < -0.3 is 4.57 Å². The predicted octanol–water partition coefficient (Wildman–Crippen LogP) is 10.7. The predicted molar refractivity (Wildman–Crippen MR) is 199 cm³/mol. The lowest BCUT2D eigenvalue weighted by molar-refractivity contribution is 1.07. The second-order valence-electron chi connectivity index (χ2n) is 11.9. The summed E-state index contributed by atoms with van der Waals surface area (Å²) in [5, 5.41) is 2.37. The van der Waals surface area contributed by atoms with Crippen molar-refractivity contribution in [2.75, 3.05) is 0 Å². The summed E-state index contributed by atoms with van der Waals surface area (Å²) in [4.78, 5) is 19.8. The molecule has 5 nitrogen and oxygen atoms in total. The second-order valence-corrected chi connectivity index (χ2v) is 11.9. The molecule has 0 atom stereocenters. The molecule has 0 aliphatic carbocycles. The van der Waals surface area contributed by atoms with Gasteiger partial charge in [-0.25, -0.2) is 15.0 Å². The Hall–Kier alpha value is -6.72. The Morgan fingerprint density at radius 3 is 1.57 bits per heavy atom. The Morgan fingerprint density at radius 1 is 0.367 bits per heavy atom. The number of nitrogens with zero attached hydrogens (tertiary/aromatic N) is 5. The summed E-state index contributed by atoms with van der Waals surface area (Å²) in [6, 6.07) is 58.5. The number of benzene rings is 6. The molecular formula is C44H29N5. The minimum absolute atomic E-state index is 0.604. The normalized spacial score (nSPS) is 11.3. The van der Waals surface area contributed by atoms with Crippen LogP contribution in [0.2, 0.25) is 0 Å². The standard InChI is InChI=1S/C44H29N5/c1-4-14-30(15-5-1)33-23-25-36-35-20-10-11-22-39(35)49(40(36)28-33)41-29-34(24-26-37(41)38-21-12-13-27-45-38)44-47-42(31-16-6-2-7-17-31)46-43(48-44)32-18-8-3-9-19-32/h1-29H. The monoisotopic (exact) mass is 627 g/mol. The highest BCUT2D eigenvalue weighted by Gasteiger charge is 2.19. The van der Waals surface area contributed by atoms with E-state index in [0.717, 1.165) is 50.2 Å². The van der Waals surface area contributed by atoms with Crippen LogP contribution in [-0.4, -0.2) is 24.5 Å². The summed E-state index contributed by atoms with van der Waals surface area (Å²) >= 11 is 0. The van der Waals surface area contributed by atoms with E-state index in [9.17, 15) is 0 Å². The molecule has 0 aliphatic heterocycles. The lowest BCUT2D eigenvalue weighted by Gasteiger charge is -2.16. The van der Waals surface area contributed by atoms with Crippen LogP contribution in [0.5, 0.6) is 0 Å². The van der Waals surface area contributed by atoms with Crippen LogP contribution in [0.4, 0.5) is 0 Å². The number of rotatable bonds is 6. The highest BCUT2D eigenvalue weighted by atomic mass is 15.0. The van der Waals surface area contributed by atoms with E-state index < -0.39 is 0 Å². The summed E-state index contributed by atoms with van der Waals surface area (Å²) in [6.45, 7) is 0. The summed E-state index contributed by atoms with van der Waals surface area (Å²) in [5.74, 6) is 1.86. The van der Waals surface area contributed by atoms with Gasteiger partial charge in [0, 0.05) is 39.2 Å². The average Bonchev–Trinajstić information content (AvgIpc) is 3.52. The molecule has 230 valence electrons. The molecule has 0 unspecified atom stereocenters. The van der Waals surface area contributed by atoms with Crippen LogP contribution in [0.3, 0.4) is 0 Å². The van der Waals surface area contributed by atoms with E-state index in [2.05, 4.69) is 102 Å². The van der Waals surface area contributed by atoms with E-state index in [1.54, 1.807) is 0 Å². The molecule has 49 heavy (non-hydrogen) atoms. The minimum atomic E-state index is 0.604. The number of aromatic nitrogens is 5. The van der Waals surface area contributed by atoms with Gasteiger partial charge in [0.2, 0.25) is 0 Å². The summed E-state index contributed by atoms with van der Waals surface area (Å²) in [7, 11) is 0. The third-order valence-corrected chi connectivity index (χ3v) is 8.92. The third-order valence-electron chi connectivity index (χ3n) is 8.92. The molecule has 0 fully saturated rings. The molecule has 0 saturated heterocycles. The fourth-order valence-corrected chi connectivity index (χ4v) is 6.57. The van der Waals surface area contributed by atoms with Gasteiger partial charge in [0.25, 0.3) is 0 Å². The van der Waals surface area contributed by atoms with Gasteiger partial charge >= 0.3 is 0 Å². The van der Waals surface area contributed by atoms with Crippen molar-refractivity contribution in [3.63, 3.8) is 0 Å². The van der Waals surface area contributed by atoms with E-state index in [0.29, 0.717) is 17.5 Å². The van der Waals surface area contributed by atoms with Gasteiger partial charge in [-0.05, 0) is 47.5 Å². The molecule has 9 aromatic rings. The van der Waals surface area contributed by atoms with Crippen LogP contribution in [0, 0.1) is 0 Å². The first-order chi connectivity index (χ1) is 24.3. The maximum atomic E-state index is 5.06. The summed E-state index contributed by atoms with van der Waals surface area (Å²) in [6.07, 6.45) is 1.84. The van der Waals surface area contributed by atoms with Crippen molar-refractivity contribution >= 4 is 21.8 Å². The fraction of sp³-hybridized carbons (Fsp3) is 0. The summed E-state index contributed by atoms with van der Waals surface area (Å²) in [5.41, 5.74) is 10.2. The van der Waals surface area contributed by atoms with Gasteiger partial charge in [0.05, 0.1) is 22.4 Å². The molecule has 0 saturated carbocycles. The highest BCUT2D eigenvalue weighted by molar-refractivity contribution is 6.10. The molecule has 0 amide bonds. The molecule has 3 aromatic heterocycles. The first-order valence-electron chi connectivity index (χ1n) is 16.3. The lowest BCUT2D eigenvalue weighted by atomic mass is 10.0. The first kappa shape index (κ1) is 28.5. The number of pyridine rings is 1. The molecule has 0 bridgehead atoms. The second kappa shape index (κ2) is 12.1. The molecule has 0 N–H and O–H groups in total. The first-order valence-corrected chi connectivity index (χ1v) is 16.3. The van der Waals surface area contributed by atoms with Gasteiger partial charge in [0.15, 0.2) is 17.5 Å². The molecule has 6 aromatic carbocycles. The zero-order chi connectivity index (χ0) is 32.6. The molecule has 0 aliphatic rings. The van der Waals surface area contributed by atoms with Crippen molar-refractivity contribution in [1.82, 2.24) is 24.5 Å². The largest absolute Gasteiger partial charge is 0.309 e. The molecule has 3 heterocycles. The minimum Gasteiger partial charge on any atom is -0.309 e. The molecule has 5 heteroatoms. The Kier molecular flexibility index (Phi) is 7.06. The number of fused-ring (bicyclic) bond motifs is 3. The molecule has 0 radical (unpaired) electrons. The molecule has 9 rings (SSSR count). The van der Waals surface area contributed by atoms with Crippen molar-refractivity contribution in [3.05, 3.63) is 176 Å². The topological polar surface area (TPSA) is 56.5 Å². The van der Waals surface area contributed by atoms with Crippen LogP contribution >= 0.6 is 0 Å². The SMILES string of the molecule is c1ccc(-c2ccc3c4ccccc4n(-c4cc(-c5nc(-c6ccccc6)nc(-c6ccccc6)n5)ccc4-c4ccccn4)c3c2)cc1. The fourth-order valence-electron chi connectivity index (χ4n) is 6.57. The van der Waals surface area contributed by atoms with Crippen LogP contribution in [0.15, 0.2) is 176 Å².